The number of hydrogen-bond donors (Lipinski definition) is 0. The van der Waals surface area contributed by atoms with Crippen molar-refractivity contribution in [2.75, 3.05) is 0 Å². The predicted octanol–water partition coefficient (Wildman–Crippen LogP) is 6.81. The second-order valence-corrected chi connectivity index (χ2v) is 8.27. The number of pyridine rings is 1. The van der Waals surface area contributed by atoms with E-state index in [1.54, 1.807) is 0 Å². The molecule has 0 fully saturated rings. The molecule has 0 aliphatic heterocycles. The molecule has 0 amide bonds. The van der Waals surface area contributed by atoms with Gasteiger partial charge in [0, 0.05) is 11.1 Å². The Balaban J connectivity index is 1.89. The van der Waals surface area contributed by atoms with Gasteiger partial charge in [-0.1, -0.05) is 79.2 Å². The number of nitrogens with zero attached hydrogens (tertiary/aromatic N) is 4. The molecule has 2 heterocycles. The number of nitriles is 1. The molecule has 0 saturated heterocycles. The molecular weight excluding hydrogens is 404 g/mol. The highest BCUT2D eigenvalue weighted by atomic mass is 15.3. The molecule has 0 spiro atoms. The summed E-state index contributed by atoms with van der Waals surface area (Å²) in [5.41, 5.74) is 9.04. The van der Waals surface area contributed by atoms with Gasteiger partial charge in [-0.05, 0) is 43.5 Å². The molecule has 5 aromatic rings. The van der Waals surface area contributed by atoms with E-state index in [1.807, 2.05) is 41.9 Å². The van der Waals surface area contributed by atoms with Gasteiger partial charge in [0.25, 0.3) is 0 Å². The molecule has 0 unspecified atom stereocenters. The fourth-order valence-electron chi connectivity index (χ4n) is 4.29. The van der Waals surface area contributed by atoms with Crippen LogP contribution in [0.25, 0.3) is 39.1 Å². The summed E-state index contributed by atoms with van der Waals surface area (Å²) in [6, 6.07) is 29.1. The van der Waals surface area contributed by atoms with Gasteiger partial charge in [-0.2, -0.15) is 10.4 Å². The third-order valence-corrected chi connectivity index (χ3v) is 6.08. The lowest BCUT2D eigenvalue weighted by molar-refractivity contribution is 0.877. The molecule has 0 N–H and O–H groups in total. The Labute approximate surface area is 193 Å². The molecular formula is C29H24N4. The third-order valence-electron chi connectivity index (χ3n) is 6.08. The standard InChI is InChI=1S/C29H24N4/c1-4-21-12-14-23(15-13-21)28-25(18-30)27(22-8-6-5-7-9-22)26-20(3)32-33(29(26)31-28)24-16-10-19(2)11-17-24/h5-17H,4H2,1-3H3. The number of benzene rings is 3. The Morgan fingerprint density at radius 3 is 2.18 bits per heavy atom. The van der Waals surface area contributed by atoms with Crippen LogP contribution in [0.4, 0.5) is 0 Å². The summed E-state index contributed by atoms with van der Waals surface area (Å²) in [6.07, 6.45) is 0.965. The van der Waals surface area contributed by atoms with E-state index in [-0.39, 0.29) is 0 Å². The summed E-state index contributed by atoms with van der Waals surface area (Å²) in [5, 5.41) is 16.1. The van der Waals surface area contributed by atoms with E-state index >= 15 is 0 Å². The summed E-state index contributed by atoms with van der Waals surface area (Å²) >= 11 is 0. The molecule has 3 aromatic carbocycles. The number of aryl methyl sites for hydroxylation is 3. The molecule has 4 heteroatoms. The van der Waals surface area contributed by atoms with Crippen molar-refractivity contribution in [3.8, 4) is 34.1 Å². The van der Waals surface area contributed by atoms with Crippen LogP contribution in [-0.2, 0) is 6.42 Å². The molecule has 0 aliphatic rings. The first kappa shape index (κ1) is 20.7. The first-order chi connectivity index (χ1) is 16.1. The number of hydrogen-bond acceptors (Lipinski definition) is 3. The van der Waals surface area contributed by atoms with Crippen molar-refractivity contribution in [1.82, 2.24) is 14.8 Å². The lowest BCUT2D eigenvalue weighted by atomic mass is 9.93. The molecule has 4 nitrogen and oxygen atoms in total. The van der Waals surface area contributed by atoms with Crippen LogP contribution in [0.15, 0.2) is 78.9 Å². The van der Waals surface area contributed by atoms with Gasteiger partial charge in [0.15, 0.2) is 5.65 Å². The van der Waals surface area contributed by atoms with Crippen LogP contribution in [0.1, 0.15) is 29.3 Å². The highest BCUT2D eigenvalue weighted by Gasteiger charge is 2.23. The number of fused-ring (bicyclic) bond motifs is 1. The van der Waals surface area contributed by atoms with Crippen molar-refractivity contribution in [3.63, 3.8) is 0 Å². The van der Waals surface area contributed by atoms with Crippen LogP contribution < -0.4 is 0 Å². The summed E-state index contributed by atoms with van der Waals surface area (Å²) in [7, 11) is 0. The van der Waals surface area contributed by atoms with Gasteiger partial charge >= 0.3 is 0 Å². The van der Waals surface area contributed by atoms with Crippen LogP contribution in [0, 0.1) is 25.2 Å². The van der Waals surface area contributed by atoms with E-state index in [2.05, 4.69) is 68.4 Å². The summed E-state index contributed by atoms with van der Waals surface area (Å²) in [5.74, 6) is 0. The lowest BCUT2D eigenvalue weighted by Gasteiger charge is -2.13. The molecule has 0 radical (unpaired) electrons. The summed E-state index contributed by atoms with van der Waals surface area (Å²) in [6.45, 7) is 6.19. The molecule has 0 atom stereocenters. The van der Waals surface area contributed by atoms with Crippen LogP contribution >= 0.6 is 0 Å². The van der Waals surface area contributed by atoms with Crippen molar-refractivity contribution in [2.24, 2.45) is 0 Å². The molecule has 0 aliphatic carbocycles. The summed E-state index contributed by atoms with van der Waals surface area (Å²) < 4.78 is 1.89. The quantitative estimate of drug-likeness (QED) is 0.316. The highest BCUT2D eigenvalue weighted by molar-refractivity contribution is 6.01. The van der Waals surface area contributed by atoms with E-state index in [1.165, 1.54) is 11.1 Å². The van der Waals surface area contributed by atoms with Crippen LogP contribution in [-0.4, -0.2) is 14.8 Å². The summed E-state index contributed by atoms with van der Waals surface area (Å²) in [4.78, 5) is 5.06. The molecule has 2 aromatic heterocycles. The SMILES string of the molecule is CCc1ccc(-c2nc3c(c(C)nn3-c3ccc(C)cc3)c(-c3ccccc3)c2C#N)cc1. The minimum atomic E-state index is 0.574. The lowest BCUT2D eigenvalue weighted by Crippen LogP contribution is -2.01. The Morgan fingerprint density at radius 1 is 0.848 bits per heavy atom. The topological polar surface area (TPSA) is 54.5 Å². The van der Waals surface area contributed by atoms with Gasteiger partial charge in [0.05, 0.1) is 28.0 Å². The van der Waals surface area contributed by atoms with Crippen molar-refractivity contribution in [2.45, 2.75) is 27.2 Å². The maximum atomic E-state index is 10.3. The smallest absolute Gasteiger partial charge is 0.164 e. The van der Waals surface area contributed by atoms with E-state index in [0.717, 1.165) is 45.5 Å². The Morgan fingerprint density at radius 2 is 1.55 bits per heavy atom. The largest absolute Gasteiger partial charge is 0.226 e. The van der Waals surface area contributed by atoms with Gasteiger partial charge in [-0.25, -0.2) is 9.67 Å². The van der Waals surface area contributed by atoms with Crippen LogP contribution in [0.5, 0.6) is 0 Å². The Hall–Kier alpha value is -4.23. The molecule has 0 saturated carbocycles. The fraction of sp³-hybridized carbons (Fsp3) is 0.138. The zero-order valence-corrected chi connectivity index (χ0v) is 19.0. The first-order valence-corrected chi connectivity index (χ1v) is 11.2. The van der Waals surface area contributed by atoms with Crippen molar-refractivity contribution in [1.29, 1.82) is 5.26 Å². The van der Waals surface area contributed by atoms with Gasteiger partial charge in [0.1, 0.15) is 6.07 Å². The minimum absolute atomic E-state index is 0.574. The van der Waals surface area contributed by atoms with E-state index in [4.69, 9.17) is 10.1 Å². The number of rotatable bonds is 4. The maximum Gasteiger partial charge on any atom is 0.164 e. The zero-order valence-electron chi connectivity index (χ0n) is 19.0. The average Bonchev–Trinajstić information content (AvgIpc) is 3.19. The first-order valence-electron chi connectivity index (χ1n) is 11.2. The van der Waals surface area contributed by atoms with E-state index in [9.17, 15) is 5.26 Å². The van der Waals surface area contributed by atoms with E-state index in [0.29, 0.717) is 11.3 Å². The zero-order chi connectivity index (χ0) is 22.9. The van der Waals surface area contributed by atoms with Crippen molar-refractivity contribution < 1.29 is 0 Å². The molecule has 5 rings (SSSR count). The van der Waals surface area contributed by atoms with Gasteiger partial charge in [-0.15, -0.1) is 0 Å². The second kappa shape index (κ2) is 8.37. The van der Waals surface area contributed by atoms with Gasteiger partial charge < -0.3 is 0 Å². The molecule has 160 valence electrons. The number of aromatic nitrogens is 3. The van der Waals surface area contributed by atoms with Gasteiger partial charge in [0.2, 0.25) is 0 Å². The second-order valence-electron chi connectivity index (χ2n) is 8.27. The van der Waals surface area contributed by atoms with E-state index < -0.39 is 0 Å². The Kier molecular flexibility index (Phi) is 5.24. The predicted molar refractivity (Wildman–Crippen MR) is 133 cm³/mol. The van der Waals surface area contributed by atoms with Gasteiger partial charge in [-0.3, -0.25) is 0 Å². The highest BCUT2D eigenvalue weighted by Crippen LogP contribution is 2.38. The average molecular weight is 429 g/mol. The minimum Gasteiger partial charge on any atom is -0.226 e. The van der Waals surface area contributed by atoms with Crippen molar-refractivity contribution >= 4 is 11.0 Å². The Bertz CT molecular complexity index is 1490. The fourth-order valence-corrected chi connectivity index (χ4v) is 4.29. The normalized spacial score (nSPS) is 11.0. The maximum absolute atomic E-state index is 10.3. The van der Waals surface area contributed by atoms with Crippen molar-refractivity contribution in [3.05, 3.63) is 101 Å². The molecule has 0 bridgehead atoms. The monoisotopic (exact) mass is 428 g/mol. The van der Waals surface area contributed by atoms with Crippen LogP contribution in [0.2, 0.25) is 0 Å². The third kappa shape index (κ3) is 3.58. The van der Waals surface area contributed by atoms with Crippen LogP contribution in [0.3, 0.4) is 0 Å². The molecule has 33 heavy (non-hydrogen) atoms.